The highest BCUT2D eigenvalue weighted by Gasteiger charge is 2.36. The summed E-state index contributed by atoms with van der Waals surface area (Å²) in [7, 11) is 0. The molecule has 1 aliphatic rings. The van der Waals surface area contributed by atoms with Gasteiger partial charge in [-0.2, -0.15) is 0 Å². The van der Waals surface area contributed by atoms with Crippen LogP contribution in [0.25, 0.3) is 6.08 Å². The van der Waals surface area contributed by atoms with Crippen molar-refractivity contribution in [3.63, 3.8) is 0 Å². The fraction of sp³-hybridized carbons (Fsp3) is 0.143. The summed E-state index contributed by atoms with van der Waals surface area (Å²) in [5, 5.41) is 11.0. The Morgan fingerprint density at radius 1 is 1.07 bits per heavy atom. The van der Waals surface area contributed by atoms with Gasteiger partial charge in [0.15, 0.2) is 6.10 Å². The maximum atomic E-state index is 12.8. The van der Waals surface area contributed by atoms with Gasteiger partial charge in [-0.15, -0.1) is 0 Å². The van der Waals surface area contributed by atoms with Crippen molar-refractivity contribution in [1.82, 2.24) is 5.32 Å². The van der Waals surface area contributed by atoms with Crippen LogP contribution in [0.1, 0.15) is 18.1 Å². The molecule has 1 heterocycles. The van der Waals surface area contributed by atoms with E-state index in [1.54, 1.807) is 36.4 Å². The minimum Gasteiger partial charge on any atom is -0.479 e. The van der Waals surface area contributed by atoms with Crippen molar-refractivity contribution in [3.05, 3.63) is 65.2 Å². The molecule has 4 amide bonds. The molecule has 0 unspecified atom stereocenters. The summed E-state index contributed by atoms with van der Waals surface area (Å²) in [6.07, 6.45) is 0.342. The van der Waals surface area contributed by atoms with E-state index >= 15 is 0 Å². The van der Waals surface area contributed by atoms with Crippen LogP contribution in [0.15, 0.2) is 54.1 Å². The van der Waals surface area contributed by atoms with Crippen LogP contribution in [0.4, 0.5) is 10.5 Å². The van der Waals surface area contributed by atoms with Crippen LogP contribution in [0.3, 0.4) is 0 Å². The van der Waals surface area contributed by atoms with E-state index in [0.29, 0.717) is 17.0 Å². The van der Waals surface area contributed by atoms with Crippen LogP contribution >= 0.6 is 0 Å². The second kappa shape index (κ2) is 7.97. The smallest absolute Gasteiger partial charge is 0.344 e. The van der Waals surface area contributed by atoms with Crippen molar-refractivity contribution in [1.29, 1.82) is 0 Å². The van der Waals surface area contributed by atoms with Gasteiger partial charge in [-0.05, 0) is 49.8 Å². The van der Waals surface area contributed by atoms with Gasteiger partial charge >= 0.3 is 12.0 Å². The molecule has 148 valence electrons. The Balaban J connectivity index is 1.86. The first kappa shape index (κ1) is 19.8. The number of carbonyl (C=O) groups excluding carboxylic acids is 3. The molecule has 1 saturated heterocycles. The zero-order valence-electron chi connectivity index (χ0n) is 15.7. The van der Waals surface area contributed by atoms with Crippen LogP contribution in [-0.4, -0.2) is 35.0 Å². The topological polar surface area (TPSA) is 113 Å². The maximum absolute atomic E-state index is 12.8. The van der Waals surface area contributed by atoms with Crippen molar-refractivity contribution >= 4 is 35.6 Å². The summed E-state index contributed by atoms with van der Waals surface area (Å²) >= 11 is 0. The number of carbonyl (C=O) groups is 4. The first-order valence-electron chi connectivity index (χ1n) is 8.74. The predicted molar refractivity (Wildman–Crippen MR) is 104 cm³/mol. The number of rotatable bonds is 5. The number of nitrogens with one attached hydrogen (secondary N) is 1. The lowest BCUT2D eigenvalue weighted by Crippen LogP contribution is -2.54. The number of hydrogen-bond donors (Lipinski definition) is 2. The van der Waals surface area contributed by atoms with E-state index in [2.05, 4.69) is 5.32 Å². The van der Waals surface area contributed by atoms with Crippen LogP contribution < -0.4 is 15.0 Å². The molecule has 0 bridgehead atoms. The molecule has 8 nitrogen and oxygen atoms in total. The van der Waals surface area contributed by atoms with Gasteiger partial charge < -0.3 is 9.84 Å². The van der Waals surface area contributed by atoms with Crippen LogP contribution in [0, 0.1) is 6.92 Å². The first-order chi connectivity index (χ1) is 13.8. The highest BCUT2D eigenvalue weighted by molar-refractivity contribution is 6.39. The highest BCUT2D eigenvalue weighted by Crippen LogP contribution is 2.23. The number of nitrogens with zero attached hydrogens (tertiary/aromatic N) is 1. The van der Waals surface area contributed by atoms with Gasteiger partial charge in [-0.1, -0.05) is 29.8 Å². The Kier molecular flexibility index (Phi) is 5.45. The van der Waals surface area contributed by atoms with Gasteiger partial charge in [-0.3, -0.25) is 14.9 Å². The second-order valence-corrected chi connectivity index (χ2v) is 6.46. The lowest BCUT2D eigenvalue weighted by atomic mass is 10.1. The third kappa shape index (κ3) is 4.32. The summed E-state index contributed by atoms with van der Waals surface area (Å²) in [5.74, 6) is -2.29. The van der Waals surface area contributed by atoms with Crippen LogP contribution in [-0.2, 0) is 14.4 Å². The fourth-order valence-corrected chi connectivity index (χ4v) is 2.65. The molecule has 0 radical (unpaired) electrons. The summed E-state index contributed by atoms with van der Waals surface area (Å²) in [6.45, 7) is 3.28. The maximum Gasteiger partial charge on any atom is 0.344 e. The van der Waals surface area contributed by atoms with E-state index in [9.17, 15) is 19.2 Å². The van der Waals surface area contributed by atoms with Gasteiger partial charge in [-0.25, -0.2) is 14.5 Å². The Bertz CT molecular complexity index is 1010. The number of anilines is 1. The molecule has 1 atom stereocenters. The Morgan fingerprint density at radius 2 is 1.69 bits per heavy atom. The molecule has 1 aliphatic heterocycles. The third-order valence-corrected chi connectivity index (χ3v) is 4.25. The number of ether oxygens (including phenoxy) is 1. The summed E-state index contributed by atoms with van der Waals surface area (Å²) in [5.41, 5.74) is 1.63. The number of hydrogen-bond acceptors (Lipinski definition) is 5. The molecule has 2 aromatic carbocycles. The first-order valence-corrected chi connectivity index (χ1v) is 8.74. The molecule has 0 saturated carbocycles. The molecule has 0 aliphatic carbocycles. The third-order valence-electron chi connectivity index (χ3n) is 4.25. The standard InChI is InChI=1S/C21H18N2O6/c1-12-3-7-15(8-4-12)23-19(25)17(18(24)22-21(23)28)11-14-5-9-16(10-6-14)29-13(2)20(26)27/h3-11,13H,1-2H3,(H,26,27)(H,22,24,28)/b17-11+/t13-/m1/s1. The quantitative estimate of drug-likeness (QED) is 0.595. The normalized spacial score (nSPS) is 16.6. The minimum absolute atomic E-state index is 0.197. The van der Waals surface area contributed by atoms with E-state index < -0.39 is 29.9 Å². The molecule has 29 heavy (non-hydrogen) atoms. The average Bonchev–Trinajstić information content (AvgIpc) is 2.67. The molecular formula is C21H18N2O6. The number of benzene rings is 2. The molecule has 8 heteroatoms. The molecule has 2 aromatic rings. The Hall–Kier alpha value is -3.94. The fourth-order valence-electron chi connectivity index (χ4n) is 2.65. The number of barbiturate groups is 1. The van der Waals surface area contributed by atoms with Crippen molar-refractivity contribution in [2.75, 3.05) is 4.90 Å². The lowest BCUT2D eigenvalue weighted by Gasteiger charge is -2.26. The number of carboxylic acid groups (broad SMARTS) is 1. The average molecular weight is 394 g/mol. The zero-order valence-corrected chi connectivity index (χ0v) is 15.7. The summed E-state index contributed by atoms with van der Waals surface area (Å²) < 4.78 is 5.24. The number of carboxylic acids is 1. The van der Waals surface area contributed by atoms with E-state index in [0.717, 1.165) is 10.5 Å². The number of amides is 4. The van der Waals surface area contributed by atoms with Crippen LogP contribution in [0.5, 0.6) is 5.75 Å². The van der Waals surface area contributed by atoms with Gasteiger partial charge in [0.25, 0.3) is 11.8 Å². The summed E-state index contributed by atoms with van der Waals surface area (Å²) in [4.78, 5) is 48.9. The van der Waals surface area contributed by atoms with Crippen molar-refractivity contribution in [2.45, 2.75) is 20.0 Å². The largest absolute Gasteiger partial charge is 0.479 e. The molecule has 2 N–H and O–H groups in total. The number of urea groups is 1. The van der Waals surface area contributed by atoms with Gasteiger partial charge in [0.05, 0.1) is 5.69 Å². The van der Waals surface area contributed by atoms with Crippen molar-refractivity contribution in [3.8, 4) is 5.75 Å². The number of imide groups is 2. The lowest BCUT2D eigenvalue weighted by molar-refractivity contribution is -0.144. The van der Waals surface area contributed by atoms with Gasteiger partial charge in [0.2, 0.25) is 0 Å². The van der Waals surface area contributed by atoms with E-state index in [-0.39, 0.29) is 5.57 Å². The molecule has 0 spiro atoms. The SMILES string of the molecule is Cc1ccc(N2C(=O)NC(=O)/C(=C\c3ccc(O[C@H](C)C(=O)O)cc3)C2=O)cc1. The minimum atomic E-state index is -1.10. The molecular weight excluding hydrogens is 376 g/mol. The Morgan fingerprint density at radius 3 is 2.28 bits per heavy atom. The van der Waals surface area contributed by atoms with Crippen LogP contribution in [0.2, 0.25) is 0 Å². The highest BCUT2D eigenvalue weighted by atomic mass is 16.5. The van der Waals surface area contributed by atoms with Crippen molar-refractivity contribution in [2.24, 2.45) is 0 Å². The summed E-state index contributed by atoms with van der Waals surface area (Å²) in [6, 6.07) is 12.1. The zero-order chi connectivity index (χ0) is 21.1. The van der Waals surface area contributed by atoms with Gasteiger partial charge in [0, 0.05) is 0 Å². The second-order valence-electron chi connectivity index (χ2n) is 6.46. The monoisotopic (exact) mass is 394 g/mol. The molecule has 0 aromatic heterocycles. The van der Waals surface area contributed by atoms with E-state index in [1.165, 1.54) is 25.1 Å². The van der Waals surface area contributed by atoms with E-state index in [1.807, 2.05) is 6.92 Å². The van der Waals surface area contributed by atoms with Crippen molar-refractivity contribution < 1.29 is 29.0 Å². The molecule has 3 rings (SSSR count). The van der Waals surface area contributed by atoms with E-state index in [4.69, 9.17) is 9.84 Å². The number of aryl methyl sites for hydroxylation is 1. The number of aliphatic carboxylic acids is 1. The predicted octanol–water partition coefficient (Wildman–Crippen LogP) is 2.51. The molecule has 1 fully saturated rings. The Labute approximate surface area is 166 Å². The van der Waals surface area contributed by atoms with Gasteiger partial charge in [0.1, 0.15) is 11.3 Å².